The SMILES string of the molecule is CC(=O)OC(C)(C)C(=O)N1CCC[C@H](Oc2ncc(F)cn2)C1. The standard InChI is InChI=1S/C15H20FN3O4/c1-10(20)23-15(2,3)13(21)19-6-4-5-12(9-19)22-14-17-7-11(16)8-18-14/h7-8,12H,4-6,9H2,1-3H3/t12-/m0/s1. The molecule has 1 atom stereocenters. The number of rotatable bonds is 4. The van der Waals surface area contributed by atoms with Crippen molar-refractivity contribution in [2.24, 2.45) is 0 Å². The fourth-order valence-corrected chi connectivity index (χ4v) is 2.51. The number of carbonyl (C=O) groups excluding carboxylic acids is 2. The number of hydrogen-bond donors (Lipinski definition) is 0. The second-order valence-electron chi connectivity index (χ2n) is 5.92. The van der Waals surface area contributed by atoms with Crippen LogP contribution in [0, 0.1) is 5.82 Å². The minimum atomic E-state index is -1.22. The van der Waals surface area contributed by atoms with Gasteiger partial charge in [0.05, 0.1) is 18.9 Å². The van der Waals surface area contributed by atoms with Crippen LogP contribution >= 0.6 is 0 Å². The van der Waals surface area contributed by atoms with Crippen molar-refractivity contribution in [1.82, 2.24) is 14.9 Å². The zero-order chi connectivity index (χ0) is 17.0. The molecule has 8 heteroatoms. The smallest absolute Gasteiger partial charge is 0.316 e. The van der Waals surface area contributed by atoms with Gasteiger partial charge in [0.1, 0.15) is 6.10 Å². The molecule has 0 saturated carbocycles. The van der Waals surface area contributed by atoms with Gasteiger partial charge in [0, 0.05) is 13.5 Å². The number of piperidine rings is 1. The topological polar surface area (TPSA) is 81.6 Å². The summed E-state index contributed by atoms with van der Waals surface area (Å²) < 4.78 is 23.5. The molecule has 0 aliphatic carbocycles. The Kier molecular flexibility index (Phi) is 5.12. The van der Waals surface area contributed by atoms with Crippen molar-refractivity contribution in [1.29, 1.82) is 0 Å². The van der Waals surface area contributed by atoms with Crippen LogP contribution in [0.15, 0.2) is 12.4 Å². The Bertz CT molecular complexity index is 577. The Hall–Kier alpha value is -2.25. The first-order valence-electron chi connectivity index (χ1n) is 7.41. The molecule has 126 valence electrons. The van der Waals surface area contributed by atoms with Gasteiger partial charge in [-0.3, -0.25) is 9.59 Å². The van der Waals surface area contributed by atoms with Crippen LogP contribution in [0.4, 0.5) is 4.39 Å². The van der Waals surface area contributed by atoms with Crippen LogP contribution in [-0.2, 0) is 14.3 Å². The van der Waals surface area contributed by atoms with Crippen molar-refractivity contribution >= 4 is 11.9 Å². The maximum atomic E-state index is 12.8. The van der Waals surface area contributed by atoms with Crippen molar-refractivity contribution in [3.8, 4) is 6.01 Å². The molecule has 1 amide bonds. The first-order chi connectivity index (χ1) is 10.8. The number of ether oxygens (including phenoxy) is 2. The minimum absolute atomic E-state index is 0.0740. The van der Waals surface area contributed by atoms with E-state index in [4.69, 9.17) is 9.47 Å². The van der Waals surface area contributed by atoms with Crippen LogP contribution in [-0.4, -0.2) is 51.5 Å². The lowest BCUT2D eigenvalue weighted by atomic mass is 10.0. The van der Waals surface area contributed by atoms with Crippen LogP contribution in [0.25, 0.3) is 0 Å². The zero-order valence-electron chi connectivity index (χ0n) is 13.4. The summed E-state index contributed by atoms with van der Waals surface area (Å²) in [6.07, 6.45) is 3.24. The van der Waals surface area contributed by atoms with E-state index in [2.05, 4.69) is 9.97 Å². The third-order valence-corrected chi connectivity index (χ3v) is 3.45. The lowest BCUT2D eigenvalue weighted by molar-refractivity contribution is -0.169. The third kappa shape index (κ3) is 4.61. The fourth-order valence-electron chi connectivity index (χ4n) is 2.51. The van der Waals surface area contributed by atoms with E-state index in [1.165, 1.54) is 6.92 Å². The predicted molar refractivity (Wildman–Crippen MR) is 78.1 cm³/mol. The van der Waals surface area contributed by atoms with Crippen molar-refractivity contribution in [3.63, 3.8) is 0 Å². The highest BCUT2D eigenvalue weighted by molar-refractivity contribution is 5.86. The largest absolute Gasteiger partial charge is 0.458 e. The van der Waals surface area contributed by atoms with Crippen LogP contribution in [0.1, 0.15) is 33.6 Å². The highest BCUT2D eigenvalue weighted by Gasteiger charge is 2.37. The molecule has 0 N–H and O–H groups in total. The van der Waals surface area contributed by atoms with Gasteiger partial charge < -0.3 is 14.4 Å². The number of hydrogen-bond acceptors (Lipinski definition) is 6. The summed E-state index contributed by atoms with van der Waals surface area (Å²) >= 11 is 0. The van der Waals surface area contributed by atoms with Gasteiger partial charge in [0.15, 0.2) is 11.4 Å². The molecule has 0 aromatic carbocycles. The average Bonchev–Trinajstić information content (AvgIpc) is 2.48. The van der Waals surface area contributed by atoms with E-state index in [-0.39, 0.29) is 18.0 Å². The van der Waals surface area contributed by atoms with Gasteiger partial charge in [-0.05, 0) is 26.7 Å². The van der Waals surface area contributed by atoms with Crippen LogP contribution in [0.3, 0.4) is 0 Å². The Labute approximate surface area is 133 Å². The number of carbonyl (C=O) groups is 2. The van der Waals surface area contributed by atoms with Gasteiger partial charge >= 0.3 is 12.0 Å². The molecule has 1 aliphatic rings. The monoisotopic (exact) mass is 325 g/mol. The molecule has 2 heterocycles. The molecule has 1 aromatic rings. The molecular weight excluding hydrogens is 305 g/mol. The van der Waals surface area contributed by atoms with E-state index < -0.39 is 17.4 Å². The van der Waals surface area contributed by atoms with Gasteiger partial charge in [0.2, 0.25) is 0 Å². The summed E-state index contributed by atoms with van der Waals surface area (Å²) in [5.74, 6) is -1.32. The Morgan fingerprint density at radius 1 is 1.35 bits per heavy atom. The zero-order valence-corrected chi connectivity index (χ0v) is 13.4. The van der Waals surface area contributed by atoms with Crippen molar-refractivity contribution in [2.45, 2.75) is 45.3 Å². The molecule has 23 heavy (non-hydrogen) atoms. The molecule has 0 bridgehead atoms. The summed E-state index contributed by atoms with van der Waals surface area (Å²) in [4.78, 5) is 32.7. The number of esters is 1. The van der Waals surface area contributed by atoms with Crippen LogP contribution < -0.4 is 4.74 Å². The number of amides is 1. The van der Waals surface area contributed by atoms with E-state index in [1.807, 2.05) is 0 Å². The maximum absolute atomic E-state index is 12.8. The second kappa shape index (κ2) is 6.89. The highest BCUT2D eigenvalue weighted by atomic mass is 19.1. The molecular formula is C15H20FN3O4. The fraction of sp³-hybridized carbons (Fsp3) is 0.600. The average molecular weight is 325 g/mol. The summed E-state index contributed by atoms with van der Waals surface area (Å²) in [7, 11) is 0. The molecule has 0 radical (unpaired) electrons. The number of halogens is 1. The second-order valence-corrected chi connectivity index (χ2v) is 5.92. The lowest BCUT2D eigenvalue weighted by Crippen LogP contribution is -2.53. The van der Waals surface area contributed by atoms with Gasteiger partial charge in [-0.1, -0.05) is 0 Å². The summed E-state index contributed by atoms with van der Waals surface area (Å²) in [6.45, 7) is 5.29. The quantitative estimate of drug-likeness (QED) is 0.777. The molecule has 1 aromatic heterocycles. The van der Waals surface area contributed by atoms with E-state index in [0.29, 0.717) is 13.1 Å². The van der Waals surface area contributed by atoms with E-state index in [9.17, 15) is 14.0 Å². The van der Waals surface area contributed by atoms with E-state index >= 15 is 0 Å². The Morgan fingerprint density at radius 3 is 2.61 bits per heavy atom. The Balaban J connectivity index is 1.98. The summed E-state index contributed by atoms with van der Waals surface area (Å²) in [6, 6.07) is 0.0740. The lowest BCUT2D eigenvalue weighted by Gasteiger charge is -2.36. The van der Waals surface area contributed by atoms with Crippen molar-refractivity contribution in [3.05, 3.63) is 18.2 Å². The minimum Gasteiger partial charge on any atom is -0.458 e. The first-order valence-corrected chi connectivity index (χ1v) is 7.41. The first kappa shape index (κ1) is 17.1. The molecule has 1 fully saturated rings. The maximum Gasteiger partial charge on any atom is 0.316 e. The highest BCUT2D eigenvalue weighted by Crippen LogP contribution is 2.20. The number of aromatic nitrogens is 2. The number of likely N-dealkylation sites (tertiary alicyclic amines) is 1. The molecule has 0 unspecified atom stereocenters. The molecule has 0 spiro atoms. The van der Waals surface area contributed by atoms with Crippen LogP contribution in [0.2, 0.25) is 0 Å². The van der Waals surface area contributed by atoms with Gasteiger partial charge in [0.25, 0.3) is 5.91 Å². The molecule has 1 saturated heterocycles. The third-order valence-electron chi connectivity index (χ3n) is 3.45. The van der Waals surface area contributed by atoms with Crippen molar-refractivity contribution < 1.29 is 23.5 Å². The summed E-state index contributed by atoms with van der Waals surface area (Å²) in [5, 5.41) is 0. The van der Waals surface area contributed by atoms with E-state index in [0.717, 1.165) is 25.2 Å². The van der Waals surface area contributed by atoms with Gasteiger partial charge in [-0.25, -0.2) is 14.4 Å². The molecule has 7 nitrogen and oxygen atoms in total. The van der Waals surface area contributed by atoms with Crippen LogP contribution in [0.5, 0.6) is 6.01 Å². The summed E-state index contributed by atoms with van der Waals surface area (Å²) in [5.41, 5.74) is -1.22. The molecule has 2 rings (SSSR count). The van der Waals surface area contributed by atoms with Gasteiger partial charge in [-0.2, -0.15) is 0 Å². The Morgan fingerprint density at radius 2 is 2.00 bits per heavy atom. The van der Waals surface area contributed by atoms with Crippen molar-refractivity contribution in [2.75, 3.05) is 13.1 Å². The predicted octanol–water partition coefficient (Wildman–Crippen LogP) is 1.33. The van der Waals surface area contributed by atoms with Gasteiger partial charge in [-0.15, -0.1) is 0 Å². The molecule has 1 aliphatic heterocycles. The normalized spacial score (nSPS) is 18.4. The number of nitrogens with zero attached hydrogens (tertiary/aromatic N) is 3. The van der Waals surface area contributed by atoms with E-state index in [1.54, 1.807) is 18.7 Å².